The van der Waals surface area contributed by atoms with Gasteiger partial charge in [0.1, 0.15) is 11.4 Å². The summed E-state index contributed by atoms with van der Waals surface area (Å²) >= 11 is -1.82. The number of carbonyl (C=O) groups excluding carboxylic acids is 2. The summed E-state index contributed by atoms with van der Waals surface area (Å²) in [5.74, 6) is -3.03. The molecule has 3 atom stereocenters. The number of fused-ring (bicyclic) bond motifs is 5. The number of hydrogen-bond donors (Lipinski definition) is 5. The fourth-order valence-electron chi connectivity index (χ4n) is 5.24. The Morgan fingerprint density at radius 1 is 1.23 bits per heavy atom. The van der Waals surface area contributed by atoms with Crippen LogP contribution < -0.4 is 20.9 Å². The number of aromatic amines is 1. The van der Waals surface area contributed by atoms with Gasteiger partial charge in [0.15, 0.2) is 4.90 Å². The first-order valence-corrected chi connectivity index (χ1v) is 12.3. The second-order valence-corrected chi connectivity index (χ2v) is 10.3. The van der Waals surface area contributed by atoms with E-state index < -0.39 is 34.4 Å². The number of aromatic nitrogens is 1. The maximum absolute atomic E-state index is 14.0. The summed E-state index contributed by atoms with van der Waals surface area (Å²) in [7, 11) is 0. The van der Waals surface area contributed by atoms with Crippen molar-refractivity contribution in [1.82, 2.24) is 10.3 Å². The highest BCUT2D eigenvalue weighted by molar-refractivity contribution is 7.89. The first kappa shape index (κ1) is 23.4. The summed E-state index contributed by atoms with van der Waals surface area (Å²) in [6.07, 6.45) is 0. The van der Waals surface area contributed by atoms with Crippen LogP contribution in [0.15, 0.2) is 41.3 Å². The molecule has 2 aromatic carbocycles. The van der Waals surface area contributed by atoms with E-state index in [2.05, 4.69) is 10.3 Å². The largest absolute Gasteiger partial charge is 0.593 e. The van der Waals surface area contributed by atoms with E-state index in [1.54, 1.807) is 44.2 Å². The molecule has 3 unspecified atom stereocenters. The molecule has 0 bridgehead atoms. The molecule has 0 spiro atoms. The Kier molecular flexibility index (Phi) is 5.08. The fourth-order valence-corrected chi connectivity index (χ4v) is 6.00. The molecule has 182 valence electrons. The van der Waals surface area contributed by atoms with Gasteiger partial charge in [-0.1, -0.05) is 38.1 Å². The monoisotopic (exact) mass is 494 g/mol. The molecular weight excluding hydrogens is 468 g/mol. The normalized spacial score (nSPS) is 23.0. The van der Waals surface area contributed by atoms with Crippen molar-refractivity contribution < 1.29 is 24.0 Å². The minimum atomic E-state index is -2.22. The Labute approximate surface area is 205 Å². The second-order valence-electron chi connectivity index (χ2n) is 9.34. The highest BCUT2D eigenvalue weighted by Gasteiger charge is 2.72. The highest BCUT2D eigenvalue weighted by atomic mass is 32.2. The van der Waals surface area contributed by atoms with Crippen molar-refractivity contribution in [3.05, 3.63) is 75.6 Å². The zero-order valence-electron chi connectivity index (χ0n) is 19.7. The average Bonchev–Trinajstić information content (AvgIpc) is 3.29. The number of hydrogen-bond acceptors (Lipinski definition) is 7. The van der Waals surface area contributed by atoms with E-state index in [-0.39, 0.29) is 28.4 Å². The van der Waals surface area contributed by atoms with Crippen LogP contribution in [-0.4, -0.2) is 26.3 Å². The van der Waals surface area contributed by atoms with Gasteiger partial charge in [-0.15, -0.1) is 5.14 Å². The van der Waals surface area contributed by atoms with Gasteiger partial charge in [0.2, 0.25) is 11.3 Å². The quantitative estimate of drug-likeness (QED) is 0.274. The molecule has 0 saturated heterocycles. The average molecular weight is 495 g/mol. The summed E-state index contributed by atoms with van der Waals surface area (Å²) in [6.45, 7) is 7.29. The van der Waals surface area contributed by atoms with E-state index in [0.29, 0.717) is 27.5 Å². The number of carbonyl (C=O) groups is 2. The van der Waals surface area contributed by atoms with Gasteiger partial charge in [0.25, 0.3) is 11.7 Å². The molecule has 2 heterocycles. The molecule has 1 aliphatic heterocycles. The van der Waals surface area contributed by atoms with Crippen LogP contribution in [0.1, 0.15) is 68.6 Å². The lowest BCUT2D eigenvalue weighted by Crippen LogP contribution is -2.60. The third-order valence-electron chi connectivity index (χ3n) is 6.97. The van der Waals surface area contributed by atoms with Crippen LogP contribution in [0.4, 0.5) is 5.69 Å². The van der Waals surface area contributed by atoms with E-state index in [1.807, 2.05) is 19.9 Å². The Balaban J connectivity index is 1.72. The lowest BCUT2D eigenvalue weighted by molar-refractivity contribution is -0.169. The molecule has 1 aliphatic carbocycles. The van der Waals surface area contributed by atoms with Crippen molar-refractivity contribution >= 4 is 28.7 Å². The van der Waals surface area contributed by atoms with Crippen molar-refractivity contribution in [1.29, 1.82) is 0 Å². The van der Waals surface area contributed by atoms with Crippen LogP contribution >= 0.6 is 0 Å². The minimum Gasteiger partial charge on any atom is -0.593 e. The molecule has 0 saturated carbocycles. The van der Waals surface area contributed by atoms with Crippen molar-refractivity contribution in [3.8, 4) is 5.75 Å². The van der Waals surface area contributed by atoms with Gasteiger partial charge < -0.3 is 30.4 Å². The molecule has 3 aromatic rings. The van der Waals surface area contributed by atoms with Gasteiger partial charge in [-0.25, -0.2) is 0 Å². The number of aryl methyl sites for hydroxylation is 1. The van der Waals surface area contributed by atoms with E-state index in [4.69, 9.17) is 15.6 Å². The maximum atomic E-state index is 14.0. The summed E-state index contributed by atoms with van der Waals surface area (Å²) in [6, 6.07) is 10.0. The lowest BCUT2D eigenvalue weighted by atomic mass is 9.82. The Morgan fingerprint density at radius 3 is 2.57 bits per heavy atom. The van der Waals surface area contributed by atoms with Gasteiger partial charge in [-0.2, -0.15) is 0 Å². The van der Waals surface area contributed by atoms with Gasteiger partial charge in [0, 0.05) is 22.4 Å². The van der Waals surface area contributed by atoms with Crippen molar-refractivity contribution in [2.75, 3.05) is 5.73 Å². The SMILES string of the molecule is Cc1[nH]c(C(=O)NC23C(=O)c4c(N)cccc4C2(O)Oc2cc(C(C)C)ccc23)c(C)c1[S+](N)[O-]. The van der Waals surface area contributed by atoms with Crippen LogP contribution in [-0.2, 0) is 22.7 Å². The number of ether oxygens (including phenoxy) is 1. The zero-order valence-corrected chi connectivity index (χ0v) is 20.5. The predicted octanol–water partition coefficient (Wildman–Crippen LogP) is 2.38. The number of nitrogens with two attached hydrogens (primary N) is 2. The standard InChI is InChI=1S/C25H26N4O5S/c1-11(2)14-8-9-15-18(10-14)34-25(32)16-6-5-7-17(26)19(16)22(30)24(15,25)29-23(31)20-12(3)21(35(27)33)13(4)28-20/h5-11,28,32H,26-27H2,1-4H3,(H,29,31). The molecular formula is C25H26N4O5S. The molecule has 2 aliphatic rings. The third kappa shape index (κ3) is 2.94. The van der Waals surface area contributed by atoms with Crippen LogP contribution in [0.2, 0.25) is 0 Å². The van der Waals surface area contributed by atoms with Crippen LogP contribution in [0.3, 0.4) is 0 Å². The summed E-state index contributed by atoms with van der Waals surface area (Å²) in [5.41, 5.74) is 6.79. The number of rotatable bonds is 4. The molecule has 1 aromatic heterocycles. The Bertz CT molecular complexity index is 1420. The second kappa shape index (κ2) is 7.59. The van der Waals surface area contributed by atoms with E-state index in [1.165, 1.54) is 0 Å². The molecule has 7 N–H and O–H groups in total. The minimum absolute atomic E-state index is 0.0806. The molecule has 35 heavy (non-hydrogen) atoms. The van der Waals surface area contributed by atoms with Crippen molar-refractivity contribution in [2.45, 2.75) is 49.8 Å². The van der Waals surface area contributed by atoms with Crippen molar-refractivity contribution in [3.63, 3.8) is 0 Å². The van der Waals surface area contributed by atoms with Gasteiger partial charge in [-0.3, -0.25) is 9.59 Å². The zero-order chi connectivity index (χ0) is 25.4. The van der Waals surface area contributed by atoms with Crippen LogP contribution in [0.25, 0.3) is 0 Å². The van der Waals surface area contributed by atoms with Crippen LogP contribution in [0.5, 0.6) is 5.75 Å². The Morgan fingerprint density at radius 2 is 1.94 bits per heavy atom. The summed E-state index contributed by atoms with van der Waals surface area (Å²) in [4.78, 5) is 30.9. The fraction of sp³-hybridized carbons (Fsp3) is 0.280. The molecule has 1 amide bonds. The third-order valence-corrected chi connectivity index (χ3v) is 7.98. The molecule has 0 fully saturated rings. The molecule has 9 nitrogen and oxygen atoms in total. The van der Waals surface area contributed by atoms with Gasteiger partial charge in [0.05, 0.1) is 22.6 Å². The molecule has 0 radical (unpaired) electrons. The topological polar surface area (TPSA) is 167 Å². The smallest absolute Gasteiger partial charge is 0.271 e. The van der Waals surface area contributed by atoms with E-state index in [0.717, 1.165) is 5.56 Å². The molecule has 5 rings (SSSR count). The highest BCUT2D eigenvalue weighted by Crippen LogP contribution is 2.59. The number of aliphatic hydroxyl groups is 1. The number of H-pyrrole nitrogens is 1. The number of nitrogen functional groups attached to an aromatic ring is 1. The van der Waals surface area contributed by atoms with E-state index >= 15 is 0 Å². The van der Waals surface area contributed by atoms with E-state index in [9.17, 15) is 19.2 Å². The number of Topliss-reactive ketones (excluding diaryl/α,β-unsaturated/α-hetero) is 1. The number of anilines is 1. The first-order valence-electron chi connectivity index (χ1n) is 11.1. The Hall–Kier alpha value is -3.31. The first-order chi connectivity index (χ1) is 16.4. The summed E-state index contributed by atoms with van der Waals surface area (Å²) in [5, 5.41) is 20.4. The number of nitrogens with one attached hydrogen (secondary N) is 2. The van der Waals surface area contributed by atoms with Gasteiger partial charge >= 0.3 is 0 Å². The number of amides is 1. The number of benzene rings is 2. The maximum Gasteiger partial charge on any atom is 0.271 e. The summed E-state index contributed by atoms with van der Waals surface area (Å²) < 4.78 is 18.1. The lowest BCUT2D eigenvalue weighted by Gasteiger charge is -2.34. The van der Waals surface area contributed by atoms with Crippen molar-refractivity contribution in [2.24, 2.45) is 5.14 Å². The van der Waals surface area contributed by atoms with Crippen LogP contribution in [0, 0.1) is 13.8 Å². The predicted molar refractivity (Wildman–Crippen MR) is 130 cm³/mol. The molecule has 10 heteroatoms. The number of ketones is 1. The van der Waals surface area contributed by atoms with Gasteiger partial charge in [-0.05, 0) is 37.5 Å².